The Morgan fingerprint density at radius 1 is 1.04 bits per heavy atom. The SMILES string of the molecule is COc1ccc([C@@H](C)NC(=O)N2CCCN(c3ccc(F)cc3)CC2)cc1. The van der Waals surface area contributed by atoms with Crippen LogP contribution in [-0.2, 0) is 0 Å². The fourth-order valence-electron chi connectivity index (χ4n) is 3.28. The summed E-state index contributed by atoms with van der Waals surface area (Å²) in [6.07, 6.45) is 0.877. The normalized spacial score (nSPS) is 15.8. The molecular formula is C21H26FN3O2. The van der Waals surface area contributed by atoms with Crippen LogP contribution in [-0.4, -0.2) is 44.2 Å². The monoisotopic (exact) mass is 371 g/mol. The third-order valence-electron chi connectivity index (χ3n) is 4.93. The molecule has 0 saturated carbocycles. The summed E-state index contributed by atoms with van der Waals surface area (Å²) in [6.45, 7) is 4.90. The number of carbonyl (C=O) groups is 1. The lowest BCUT2D eigenvalue weighted by molar-refractivity contribution is 0.198. The minimum Gasteiger partial charge on any atom is -0.497 e. The highest BCUT2D eigenvalue weighted by Crippen LogP contribution is 2.19. The molecular weight excluding hydrogens is 345 g/mol. The topological polar surface area (TPSA) is 44.8 Å². The van der Waals surface area contributed by atoms with Gasteiger partial charge < -0.3 is 19.9 Å². The molecule has 5 nitrogen and oxygen atoms in total. The Bertz CT molecular complexity index is 749. The molecule has 2 amide bonds. The predicted molar refractivity (Wildman–Crippen MR) is 105 cm³/mol. The zero-order chi connectivity index (χ0) is 19.2. The van der Waals surface area contributed by atoms with E-state index in [-0.39, 0.29) is 17.9 Å². The minimum absolute atomic E-state index is 0.0562. The standard InChI is InChI=1S/C21H26FN3O2/c1-16(17-4-10-20(27-2)11-5-17)23-21(26)25-13-3-12-24(14-15-25)19-8-6-18(22)7-9-19/h4-11,16H,3,12-15H2,1-2H3,(H,23,26)/t16-/m1/s1. The Balaban J connectivity index is 1.56. The summed E-state index contributed by atoms with van der Waals surface area (Å²) in [5, 5.41) is 3.07. The van der Waals surface area contributed by atoms with Crippen LogP contribution in [0.2, 0.25) is 0 Å². The van der Waals surface area contributed by atoms with Crippen molar-refractivity contribution in [2.45, 2.75) is 19.4 Å². The fraction of sp³-hybridized carbons (Fsp3) is 0.381. The van der Waals surface area contributed by atoms with E-state index in [0.717, 1.165) is 36.5 Å². The molecule has 0 radical (unpaired) electrons. The molecule has 1 saturated heterocycles. The zero-order valence-electron chi connectivity index (χ0n) is 15.8. The number of urea groups is 1. The van der Waals surface area contributed by atoms with Gasteiger partial charge in [0.2, 0.25) is 0 Å². The van der Waals surface area contributed by atoms with Crippen molar-refractivity contribution in [3.63, 3.8) is 0 Å². The number of benzene rings is 2. The molecule has 1 aliphatic heterocycles. The largest absolute Gasteiger partial charge is 0.497 e. The van der Waals surface area contributed by atoms with Crippen LogP contribution in [0.25, 0.3) is 0 Å². The van der Waals surface area contributed by atoms with Gasteiger partial charge in [-0.3, -0.25) is 0 Å². The number of anilines is 1. The van der Waals surface area contributed by atoms with Gasteiger partial charge in [-0.2, -0.15) is 0 Å². The van der Waals surface area contributed by atoms with Gasteiger partial charge in [0.15, 0.2) is 0 Å². The second-order valence-electron chi connectivity index (χ2n) is 6.75. The summed E-state index contributed by atoms with van der Waals surface area (Å²) in [5.41, 5.74) is 2.03. The number of carbonyl (C=O) groups excluding carboxylic acids is 1. The van der Waals surface area contributed by atoms with E-state index in [4.69, 9.17) is 4.74 Å². The van der Waals surface area contributed by atoms with Crippen molar-refractivity contribution in [2.24, 2.45) is 0 Å². The molecule has 6 heteroatoms. The summed E-state index contributed by atoms with van der Waals surface area (Å²) < 4.78 is 18.3. The van der Waals surface area contributed by atoms with Crippen LogP contribution >= 0.6 is 0 Å². The van der Waals surface area contributed by atoms with Crippen LogP contribution in [0.1, 0.15) is 24.9 Å². The summed E-state index contributed by atoms with van der Waals surface area (Å²) in [4.78, 5) is 16.7. The quantitative estimate of drug-likeness (QED) is 0.889. The Hall–Kier alpha value is -2.76. The van der Waals surface area contributed by atoms with Gasteiger partial charge in [0.25, 0.3) is 0 Å². The number of methoxy groups -OCH3 is 1. The van der Waals surface area contributed by atoms with Gasteiger partial charge in [0.05, 0.1) is 13.2 Å². The Morgan fingerprint density at radius 3 is 2.41 bits per heavy atom. The van der Waals surface area contributed by atoms with Crippen molar-refractivity contribution in [1.82, 2.24) is 10.2 Å². The first kappa shape index (κ1) is 19.0. The smallest absolute Gasteiger partial charge is 0.317 e. The zero-order valence-corrected chi connectivity index (χ0v) is 15.8. The van der Waals surface area contributed by atoms with Gasteiger partial charge in [0, 0.05) is 31.9 Å². The van der Waals surface area contributed by atoms with Gasteiger partial charge in [-0.05, 0) is 55.3 Å². The molecule has 1 N–H and O–H groups in total. The number of amides is 2. The lowest BCUT2D eigenvalue weighted by atomic mass is 10.1. The first-order valence-corrected chi connectivity index (χ1v) is 9.27. The van der Waals surface area contributed by atoms with Crippen molar-refractivity contribution in [1.29, 1.82) is 0 Å². The molecule has 3 rings (SSSR count). The predicted octanol–water partition coefficient (Wildman–Crippen LogP) is 3.82. The highest BCUT2D eigenvalue weighted by atomic mass is 19.1. The van der Waals surface area contributed by atoms with Crippen molar-refractivity contribution in [2.75, 3.05) is 38.2 Å². The van der Waals surface area contributed by atoms with Crippen molar-refractivity contribution in [3.8, 4) is 5.75 Å². The number of rotatable bonds is 4. The molecule has 0 aromatic heterocycles. The molecule has 1 fully saturated rings. The maximum absolute atomic E-state index is 13.1. The van der Waals surface area contributed by atoms with E-state index in [1.54, 1.807) is 19.2 Å². The van der Waals surface area contributed by atoms with Gasteiger partial charge >= 0.3 is 6.03 Å². The third kappa shape index (κ3) is 4.90. The molecule has 27 heavy (non-hydrogen) atoms. The second-order valence-corrected chi connectivity index (χ2v) is 6.75. The maximum atomic E-state index is 13.1. The average molecular weight is 371 g/mol. The molecule has 1 aliphatic rings. The maximum Gasteiger partial charge on any atom is 0.317 e. The molecule has 144 valence electrons. The highest BCUT2D eigenvalue weighted by molar-refractivity contribution is 5.75. The first-order chi connectivity index (χ1) is 13.1. The molecule has 0 aliphatic carbocycles. The highest BCUT2D eigenvalue weighted by Gasteiger charge is 2.21. The number of hydrogen-bond acceptors (Lipinski definition) is 3. The average Bonchev–Trinajstić information content (AvgIpc) is 2.95. The van der Waals surface area contributed by atoms with E-state index in [1.807, 2.05) is 36.1 Å². The van der Waals surface area contributed by atoms with E-state index in [2.05, 4.69) is 10.2 Å². The summed E-state index contributed by atoms with van der Waals surface area (Å²) in [6, 6.07) is 14.1. The molecule has 1 atom stereocenters. The number of halogens is 1. The first-order valence-electron chi connectivity index (χ1n) is 9.27. The summed E-state index contributed by atoms with van der Waals surface area (Å²) in [5.74, 6) is 0.563. The Labute approximate surface area is 159 Å². The second kappa shape index (κ2) is 8.75. The van der Waals surface area contributed by atoms with E-state index < -0.39 is 0 Å². The number of nitrogens with one attached hydrogen (secondary N) is 1. The van der Waals surface area contributed by atoms with Crippen LogP contribution in [0, 0.1) is 5.82 Å². The van der Waals surface area contributed by atoms with Crippen LogP contribution in [0.4, 0.5) is 14.9 Å². The third-order valence-corrected chi connectivity index (χ3v) is 4.93. The molecule has 0 bridgehead atoms. The van der Waals surface area contributed by atoms with E-state index in [0.29, 0.717) is 13.1 Å². The van der Waals surface area contributed by atoms with Crippen molar-refractivity contribution in [3.05, 3.63) is 59.9 Å². The lowest BCUT2D eigenvalue weighted by Gasteiger charge is -2.25. The molecule has 2 aromatic rings. The van der Waals surface area contributed by atoms with Crippen LogP contribution in [0.3, 0.4) is 0 Å². The van der Waals surface area contributed by atoms with E-state index in [1.165, 1.54) is 12.1 Å². The summed E-state index contributed by atoms with van der Waals surface area (Å²) >= 11 is 0. The van der Waals surface area contributed by atoms with Gasteiger partial charge in [0.1, 0.15) is 11.6 Å². The van der Waals surface area contributed by atoms with Gasteiger partial charge in [-0.1, -0.05) is 12.1 Å². The number of hydrogen-bond donors (Lipinski definition) is 1. The number of nitrogens with zero attached hydrogens (tertiary/aromatic N) is 2. The molecule has 0 unspecified atom stereocenters. The van der Waals surface area contributed by atoms with Gasteiger partial charge in [-0.15, -0.1) is 0 Å². The Morgan fingerprint density at radius 2 is 1.74 bits per heavy atom. The van der Waals surface area contributed by atoms with E-state index in [9.17, 15) is 9.18 Å². The fourth-order valence-corrected chi connectivity index (χ4v) is 3.28. The minimum atomic E-state index is -0.234. The van der Waals surface area contributed by atoms with Crippen LogP contribution < -0.4 is 15.0 Å². The lowest BCUT2D eigenvalue weighted by Crippen LogP contribution is -2.43. The number of ether oxygens (including phenoxy) is 1. The van der Waals surface area contributed by atoms with Crippen LogP contribution in [0.15, 0.2) is 48.5 Å². The molecule has 2 aromatic carbocycles. The van der Waals surface area contributed by atoms with Crippen molar-refractivity contribution < 1.29 is 13.9 Å². The Kier molecular flexibility index (Phi) is 6.16. The van der Waals surface area contributed by atoms with Gasteiger partial charge in [-0.25, -0.2) is 9.18 Å². The summed E-state index contributed by atoms with van der Waals surface area (Å²) in [7, 11) is 1.63. The van der Waals surface area contributed by atoms with E-state index >= 15 is 0 Å². The van der Waals surface area contributed by atoms with Crippen molar-refractivity contribution >= 4 is 11.7 Å². The van der Waals surface area contributed by atoms with Crippen LogP contribution in [0.5, 0.6) is 5.75 Å². The molecule has 0 spiro atoms. The molecule has 1 heterocycles.